The average molecular weight is 172 g/mol. The molecule has 0 atom stereocenters. The van der Waals surface area contributed by atoms with Crippen LogP contribution in [0, 0.1) is 0 Å². The molecule has 0 bridgehead atoms. The second kappa shape index (κ2) is 8.25. The number of hydrogen-bond acceptors (Lipinski definition) is 1. The van der Waals surface area contributed by atoms with Gasteiger partial charge in [0.2, 0.25) is 0 Å². The van der Waals surface area contributed by atoms with Crippen molar-refractivity contribution in [3.63, 3.8) is 0 Å². The predicted octanol–water partition coefficient (Wildman–Crippen LogP) is -5.19. The molecule has 0 aliphatic heterocycles. The summed E-state index contributed by atoms with van der Waals surface area (Å²) in [6.07, 6.45) is 0.553. The molecule has 0 spiro atoms. The van der Waals surface area contributed by atoms with E-state index in [-0.39, 0.29) is 68.1 Å². The van der Waals surface area contributed by atoms with Gasteiger partial charge >= 0.3 is 66.7 Å². The molecular formula is C3H11Na2O3P. The van der Waals surface area contributed by atoms with Crippen LogP contribution in [0.4, 0.5) is 0 Å². The van der Waals surface area contributed by atoms with Crippen molar-refractivity contribution in [1.82, 2.24) is 0 Å². The van der Waals surface area contributed by atoms with Gasteiger partial charge in [-0.1, -0.05) is 6.92 Å². The smallest absolute Gasteiger partial charge is 1.00 e. The van der Waals surface area contributed by atoms with Crippen molar-refractivity contribution in [2.75, 3.05) is 6.16 Å². The van der Waals surface area contributed by atoms with E-state index in [1.54, 1.807) is 6.92 Å². The summed E-state index contributed by atoms with van der Waals surface area (Å²) < 4.78 is 9.93. The van der Waals surface area contributed by atoms with Gasteiger partial charge in [0.15, 0.2) is 0 Å². The molecule has 0 saturated heterocycles. The molecule has 0 aromatic carbocycles. The van der Waals surface area contributed by atoms with Crippen LogP contribution < -0.4 is 59.1 Å². The molecule has 0 saturated carbocycles. The molecular weight excluding hydrogens is 161 g/mol. The summed E-state index contributed by atoms with van der Waals surface area (Å²) in [5, 5.41) is 0. The van der Waals surface area contributed by atoms with Crippen LogP contribution in [0.15, 0.2) is 0 Å². The Hall–Kier alpha value is 2.15. The minimum Gasteiger partial charge on any atom is -1.00 e. The van der Waals surface area contributed by atoms with Gasteiger partial charge in [0.25, 0.3) is 0 Å². The minimum atomic E-state index is -3.67. The Bertz CT molecular complexity index is 98.6. The van der Waals surface area contributed by atoms with E-state index in [0.717, 1.165) is 0 Å². The Morgan fingerprint density at radius 3 is 1.78 bits per heavy atom. The fourth-order valence-electron chi connectivity index (χ4n) is 0.291. The van der Waals surface area contributed by atoms with Gasteiger partial charge in [-0.05, 0) is 6.42 Å². The maximum Gasteiger partial charge on any atom is 1.00 e. The van der Waals surface area contributed by atoms with Crippen LogP contribution in [0.25, 0.3) is 0 Å². The molecule has 6 heteroatoms. The van der Waals surface area contributed by atoms with E-state index in [2.05, 4.69) is 0 Å². The van der Waals surface area contributed by atoms with Crippen molar-refractivity contribution in [2.45, 2.75) is 13.3 Å². The fraction of sp³-hybridized carbons (Fsp3) is 1.00. The molecule has 0 aromatic heterocycles. The van der Waals surface area contributed by atoms with Gasteiger partial charge in [0.05, 0.1) is 0 Å². The summed E-state index contributed by atoms with van der Waals surface area (Å²) in [5.41, 5.74) is 0. The third-order valence-electron chi connectivity index (χ3n) is 0.515. The summed E-state index contributed by atoms with van der Waals surface area (Å²) >= 11 is 0. The number of rotatable bonds is 2. The summed E-state index contributed by atoms with van der Waals surface area (Å²) in [6.45, 7) is 1.74. The quantitative estimate of drug-likeness (QED) is 0.323. The molecule has 0 fully saturated rings. The molecule has 2 N–H and O–H groups in total. The Labute approximate surface area is 102 Å². The molecule has 0 heterocycles. The van der Waals surface area contributed by atoms with Gasteiger partial charge in [-0.3, -0.25) is 4.57 Å². The van der Waals surface area contributed by atoms with Crippen LogP contribution in [0.3, 0.4) is 0 Å². The average Bonchev–Trinajstić information content (AvgIpc) is 1.30. The maximum atomic E-state index is 9.93. The SMILES string of the molecule is CCCP(=O)(O)O.[H-].[H-].[Na+].[Na+]. The topological polar surface area (TPSA) is 57.5 Å². The van der Waals surface area contributed by atoms with E-state index in [1.165, 1.54) is 0 Å². The van der Waals surface area contributed by atoms with Crippen LogP contribution in [0.5, 0.6) is 0 Å². The van der Waals surface area contributed by atoms with Gasteiger partial charge in [0.1, 0.15) is 0 Å². The van der Waals surface area contributed by atoms with E-state index < -0.39 is 7.60 Å². The first-order valence-corrected chi connectivity index (χ1v) is 3.90. The van der Waals surface area contributed by atoms with E-state index in [0.29, 0.717) is 6.42 Å². The zero-order chi connectivity index (χ0) is 5.91. The van der Waals surface area contributed by atoms with Crippen molar-refractivity contribution < 1.29 is 76.3 Å². The van der Waals surface area contributed by atoms with E-state index in [9.17, 15) is 4.57 Å². The molecule has 3 nitrogen and oxygen atoms in total. The van der Waals surface area contributed by atoms with Gasteiger partial charge in [-0.25, -0.2) is 0 Å². The standard InChI is InChI=1S/C3H9O3P.2Na.2H/c1-2-3-7(4,5)6;;;;/h2-3H2,1H3,(H2,4,5,6);;;;/q;2*+1;2*-1. The van der Waals surface area contributed by atoms with Crippen LogP contribution in [0.2, 0.25) is 0 Å². The Kier molecular flexibility index (Phi) is 15.8. The number of hydrogen-bond donors (Lipinski definition) is 2. The van der Waals surface area contributed by atoms with Crippen molar-refractivity contribution in [1.29, 1.82) is 0 Å². The third kappa shape index (κ3) is 17.8. The molecule has 0 rings (SSSR count). The van der Waals surface area contributed by atoms with E-state index >= 15 is 0 Å². The zero-order valence-corrected chi connectivity index (χ0v) is 11.1. The largest absolute Gasteiger partial charge is 1.00 e. The Balaban J connectivity index is -0.0000000300. The summed E-state index contributed by atoms with van der Waals surface area (Å²) in [4.78, 5) is 16.3. The Morgan fingerprint density at radius 2 is 1.78 bits per heavy atom. The molecule has 0 aromatic rings. The van der Waals surface area contributed by atoms with Gasteiger partial charge < -0.3 is 12.6 Å². The second-order valence-corrected chi connectivity index (χ2v) is 3.16. The van der Waals surface area contributed by atoms with Gasteiger partial charge in [-0.2, -0.15) is 0 Å². The van der Waals surface area contributed by atoms with Gasteiger partial charge in [-0.15, -0.1) is 0 Å². The monoisotopic (exact) mass is 172 g/mol. The normalized spacial score (nSPS) is 9.22. The third-order valence-corrected chi connectivity index (χ3v) is 1.54. The van der Waals surface area contributed by atoms with Crippen molar-refractivity contribution >= 4 is 7.60 Å². The molecule has 0 aliphatic carbocycles. The second-order valence-electron chi connectivity index (χ2n) is 1.39. The molecule has 0 unspecified atom stereocenters. The first kappa shape index (κ1) is 17.3. The first-order valence-electron chi connectivity index (χ1n) is 2.11. The summed E-state index contributed by atoms with van der Waals surface area (Å²) in [6, 6.07) is 0. The zero-order valence-electron chi connectivity index (χ0n) is 8.16. The maximum absolute atomic E-state index is 9.93. The molecule has 9 heavy (non-hydrogen) atoms. The molecule has 0 aliphatic rings. The van der Waals surface area contributed by atoms with Crippen molar-refractivity contribution in [3.8, 4) is 0 Å². The van der Waals surface area contributed by atoms with E-state index in [1.807, 2.05) is 0 Å². The van der Waals surface area contributed by atoms with Crippen LogP contribution in [-0.2, 0) is 4.57 Å². The van der Waals surface area contributed by atoms with Crippen molar-refractivity contribution in [2.24, 2.45) is 0 Å². The van der Waals surface area contributed by atoms with Gasteiger partial charge in [0, 0.05) is 6.16 Å². The van der Waals surface area contributed by atoms with Crippen molar-refractivity contribution in [3.05, 3.63) is 0 Å². The Morgan fingerprint density at radius 1 is 1.44 bits per heavy atom. The summed E-state index contributed by atoms with van der Waals surface area (Å²) in [5.74, 6) is 0. The minimum absolute atomic E-state index is 0. The fourth-order valence-corrected chi connectivity index (χ4v) is 0.874. The van der Waals surface area contributed by atoms with Crippen LogP contribution in [-0.4, -0.2) is 15.9 Å². The van der Waals surface area contributed by atoms with E-state index in [4.69, 9.17) is 9.79 Å². The van der Waals surface area contributed by atoms with Crippen LogP contribution in [0.1, 0.15) is 16.2 Å². The first-order chi connectivity index (χ1) is 3.06. The molecule has 0 radical (unpaired) electrons. The summed E-state index contributed by atoms with van der Waals surface area (Å²) in [7, 11) is -3.67. The van der Waals surface area contributed by atoms with Crippen LogP contribution >= 0.6 is 7.60 Å². The molecule has 0 amide bonds. The molecule has 48 valence electrons. The predicted molar refractivity (Wildman–Crippen MR) is 29.4 cm³/mol.